The fraction of sp³-hybridized carbons (Fsp3) is 1.00. The molecule has 1 saturated carbocycles. The van der Waals surface area contributed by atoms with Gasteiger partial charge in [0, 0.05) is 32.3 Å². The van der Waals surface area contributed by atoms with Crippen LogP contribution < -0.4 is 5.32 Å². The van der Waals surface area contributed by atoms with E-state index in [1.54, 1.807) is 0 Å². The van der Waals surface area contributed by atoms with Gasteiger partial charge in [-0.15, -0.1) is 0 Å². The lowest BCUT2D eigenvalue weighted by Crippen LogP contribution is -2.45. The predicted octanol–water partition coefficient (Wildman–Crippen LogP) is 2.90. The minimum atomic E-state index is 0.435. The smallest absolute Gasteiger partial charge is 0.0593 e. The minimum absolute atomic E-state index is 0.435. The number of nitrogens with one attached hydrogen (secondary N) is 1. The van der Waals surface area contributed by atoms with Crippen molar-refractivity contribution in [3.8, 4) is 0 Å². The lowest BCUT2D eigenvalue weighted by atomic mass is 9.81. The number of likely N-dealkylation sites (N-methyl/N-ethyl adjacent to an activating group) is 1. The molecule has 0 heterocycles. The molecule has 0 amide bonds. The second kappa shape index (κ2) is 8.93. The van der Waals surface area contributed by atoms with Gasteiger partial charge in [-0.2, -0.15) is 0 Å². The first kappa shape index (κ1) is 16.9. The van der Waals surface area contributed by atoms with Crippen molar-refractivity contribution in [3.63, 3.8) is 0 Å². The molecule has 0 atom stereocenters. The molecule has 0 radical (unpaired) electrons. The second-order valence-electron chi connectivity index (χ2n) is 5.93. The molecule has 1 fully saturated rings. The molecule has 1 aliphatic carbocycles. The number of ether oxygens (including phenoxy) is 1. The Bertz CT molecular complexity index is 225. The number of nitrogens with zero attached hydrogens (tertiary/aromatic N) is 1. The van der Waals surface area contributed by atoms with E-state index in [0.29, 0.717) is 5.41 Å². The van der Waals surface area contributed by atoms with Gasteiger partial charge in [-0.05, 0) is 44.6 Å². The number of hydrogen-bond acceptors (Lipinski definition) is 3. The lowest BCUT2D eigenvalue weighted by Gasteiger charge is -2.37. The van der Waals surface area contributed by atoms with Gasteiger partial charge in [0.1, 0.15) is 0 Å². The highest BCUT2D eigenvalue weighted by molar-refractivity contribution is 4.88. The van der Waals surface area contributed by atoms with Crippen molar-refractivity contribution in [1.29, 1.82) is 0 Å². The van der Waals surface area contributed by atoms with Gasteiger partial charge in [0.15, 0.2) is 0 Å². The maximum atomic E-state index is 5.50. The molecule has 0 saturated heterocycles. The van der Waals surface area contributed by atoms with Crippen LogP contribution in [0.1, 0.15) is 53.4 Å². The fourth-order valence-corrected chi connectivity index (χ4v) is 2.59. The third-order valence-electron chi connectivity index (χ3n) is 4.61. The zero-order chi connectivity index (χ0) is 14.1. The van der Waals surface area contributed by atoms with E-state index in [0.717, 1.165) is 32.3 Å². The van der Waals surface area contributed by atoms with Crippen molar-refractivity contribution in [3.05, 3.63) is 0 Å². The molecule has 0 aromatic rings. The Balaban J connectivity index is 2.42. The third kappa shape index (κ3) is 6.24. The molecule has 0 aliphatic heterocycles. The molecule has 0 aromatic carbocycles. The van der Waals surface area contributed by atoms with Crippen molar-refractivity contribution in [2.45, 2.75) is 59.4 Å². The van der Waals surface area contributed by atoms with Gasteiger partial charge in [0.25, 0.3) is 0 Å². The highest BCUT2D eigenvalue weighted by atomic mass is 16.5. The highest BCUT2D eigenvalue weighted by Gasteiger charge is 2.31. The van der Waals surface area contributed by atoms with E-state index in [2.05, 4.69) is 37.9 Å². The van der Waals surface area contributed by atoms with E-state index in [1.807, 2.05) is 0 Å². The largest absolute Gasteiger partial charge is 0.380 e. The van der Waals surface area contributed by atoms with Crippen LogP contribution in [0.15, 0.2) is 0 Å². The van der Waals surface area contributed by atoms with Gasteiger partial charge in [-0.25, -0.2) is 0 Å². The van der Waals surface area contributed by atoms with E-state index in [4.69, 9.17) is 4.74 Å². The summed E-state index contributed by atoms with van der Waals surface area (Å²) >= 11 is 0. The minimum Gasteiger partial charge on any atom is -0.380 e. The topological polar surface area (TPSA) is 24.5 Å². The summed E-state index contributed by atoms with van der Waals surface area (Å²) in [6.07, 6.45) is 5.28. The summed E-state index contributed by atoms with van der Waals surface area (Å²) in [4.78, 5) is 2.55. The molecule has 0 bridgehead atoms. The molecular weight excluding hydrogens is 236 g/mol. The van der Waals surface area contributed by atoms with Crippen LogP contribution in [0.25, 0.3) is 0 Å². The Kier molecular flexibility index (Phi) is 7.96. The van der Waals surface area contributed by atoms with Crippen LogP contribution in [0.4, 0.5) is 0 Å². The highest BCUT2D eigenvalue weighted by Crippen LogP contribution is 2.29. The first-order valence-electron chi connectivity index (χ1n) is 8.23. The second-order valence-corrected chi connectivity index (χ2v) is 5.93. The van der Waals surface area contributed by atoms with E-state index in [-0.39, 0.29) is 0 Å². The summed E-state index contributed by atoms with van der Waals surface area (Å²) in [5, 5.41) is 3.74. The van der Waals surface area contributed by atoms with Crippen molar-refractivity contribution >= 4 is 0 Å². The number of hydrogen-bond donors (Lipinski definition) is 1. The van der Waals surface area contributed by atoms with Gasteiger partial charge in [0.2, 0.25) is 0 Å². The van der Waals surface area contributed by atoms with Crippen molar-refractivity contribution in [2.24, 2.45) is 5.41 Å². The molecule has 1 N–H and O–H groups in total. The standard InChI is InChI=1S/C16H34N2O/c1-5-16(6-2,13-17-15-9-10-15)14-18(7-3)11-12-19-8-4/h15,17H,5-14H2,1-4H3. The lowest BCUT2D eigenvalue weighted by molar-refractivity contribution is 0.0842. The molecule has 19 heavy (non-hydrogen) atoms. The zero-order valence-electron chi connectivity index (χ0n) is 13.5. The van der Waals surface area contributed by atoms with Crippen LogP contribution >= 0.6 is 0 Å². The predicted molar refractivity (Wildman–Crippen MR) is 82.6 cm³/mol. The summed E-state index contributed by atoms with van der Waals surface area (Å²) in [5.41, 5.74) is 0.435. The molecule has 1 aliphatic rings. The van der Waals surface area contributed by atoms with Crippen molar-refractivity contribution in [1.82, 2.24) is 10.2 Å². The Hall–Kier alpha value is -0.120. The molecule has 0 spiro atoms. The summed E-state index contributed by atoms with van der Waals surface area (Å²) < 4.78 is 5.50. The van der Waals surface area contributed by atoms with Gasteiger partial charge >= 0.3 is 0 Å². The molecule has 0 unspecified atom stereocenters. The molecule has 1 rings (SSSR count). The van der Waals surface area contributed by atoms with E-state index in [1.165, 1.54) is 38.8 Å². The van der Waals surface area contributed by atoms with Crippen molar-refractivity contribution in [2.75, 3.05) is 39.4 Å². The quantitative estimate of drug-likeness (QED) is 0.552. The van der Waals surface area contributed by atoms with E-state index < -0.39 is 0 Å². The maximum Gasteiger partial charge on any atom is 0.0593 e. The average Bonchev–Trinajstić information content (AvgIpc) is 3.26. The van der Waals surface area contributed by atoms with Crippen LogP contribution in [0, 0.1) is 5.41 Å². The summed E-state index contributed by atoms with van der Waals surface area (Å²) in [7, 11) is 0. The molecule has 3 nitrogen and oxygen atoms in total. The Morgan fingerprint density at radius 2 is 1.84 bits per heavy atom. The summed E-state index contributed by atoms with van der Waals surface area (Å²) in [5.74, 6) is 0. The van der Waals surface area contributed by atoms with Gasteiger partial charge < -0.3 is 15.0 Å². The molecular formula is C16H34N2O. The monoisotopic (exact) mass is 270 g/mol. The molecule has 3 heteroatoms. The van der Waals surface area contributed by atoms with Gasteiger partial charge in [0.05, 0.1) is 6.61 Å². The SMILES string of the molecule is CCOCCN(CC)CC(CC)(CC)CNC1CC1. The Morgan fingerprint density at radius 3 is 2.32 bits per heavy atom. The first-order valence-corrected chi connectivity index (χ1v) is 8.23. The summed E-state index contributed by atoms with van der Waals surface area (Å²) in [6.45, 7) is 15.3. The average molecular weight is 270 g/mol. The third-order valence-corrected chi connectivity index (χ3v) is 4.61. The normalized spacial score (nSPS) is 16.3. The van der Waals surface area contributed by atoms with E-state index >= 15 is 0 Å². The van der Waals surface area contributed by atoms with Crippen LogP contribution in [0.3, 0.4) is 0 Å². The van der Waals surface area contributed by atoms with Crippen LogP contribution in [0.5, 0.6) is 0 Å². The van der Waals surface area contributed by atoms with Crippen LogP contribution in [0.2, 0.25) is 0 Å². The zero-order valence-corrected chi connectivity index (χ0v) is 13.5. The fourth-order valence-electron chi connectivity index (χ4n) is 2.59. The summed E-state index contributed by atoms with van der Waals surface area (Å²) in [6, 6.07) is 0.816. The Morgan fingerprint density at radius 1 is 1.16 bits per heavy atom. The first-order chi connectivity index (χ1) is 9.19. The van der Waals surface area contributed by atoms with Gasteiger partial charge in [-0.3, -0.25) is 0 Å². The van der Waals surface area contributed by atoms with E-state index in [9.17, 15) is 0 Å². The molecule has 114 valence electrons. The van der Waals surface area contributed by atoms with Crippen molar-refractivity contribution < 1.29 is 4.74 Å². The maximum absolute atomic E-state index is 5.50. The molecule has 0 aromatic heterocycles. The van der Waals surface area contributed by atoms with Gasteiger partial charge in [-0.1, -0.05) is 20.8 Å². The Labute approximate surface area is 120 Å². The van der Waals surface area contributed by atoms with Crippen LogP contribution in [-0.4, -0.2) is 50.3 Å². The van der Waals surface area contributed by atoms with Crippen LogP contribution in [-0.2, 0) is 4.74 Å². The number of rotatable bonds is 12.